The number of nitrogens with zero attached hydrogens (tertiary/aromatic N) is 5. The normalized spacial score (nSPS) is 11.1. The van der Waals surface area contributed by atoms with Crippen molar-refractivity contribution in [2.45, 2.75) is 13.1 Å². The van der Waals surface area contributed by atoms with Crippen molar-refractivity contribution in [2.75, 3.05) is 5.32 Å². The molecule has 0 saturated carbocycles. The summed E-state index contributed by atoms with van der Waals surface area (Å²) in [4.78, 5) is 16.9. The van der Waals surface area contributed by atoms with E-state index in [1.807, 2.05) is 10.6 Å². The van der Waals surface area contributed by atoms with Crippen LogP contribution < -0.4 is 5.32 Å². The fraction of sp³-hybridized carbons (Fsp3) is 0.125. The van der Waals surface area contributed by atoms with Crippen LogP contribution in [0.5, 0.6) is 0 Å². The highest BCUT2D eigenvalue weighted by atomic mass is 35.5. The minimum absolute atomic E-state index is 0.448. The molecule has 0 radical (unpaired) electrons. The van der Waals surface area contributed by atoms with E-state index >= 15 is 0 Å². The molecule has 9 heteroatoms. The van der Waals surface area contributed by atoms with Gasteiger partial charge >= 0.3 is 0 Å². The van der Waals surface area contributed by atoms with Crippen molar-refractivity contribution in [3.05, 3.63) is 64.8 Å². The van der Waals surface area contributed by atoms with Gasteiger partial charge in [-0.3, -0.25) is 0 Å². The van der Waals surface area contributed by atoms with Crippen LogP contribution in [0.3, 0.4) is 0 Å². The first-order valence-electron chi connectivity index (χ1n) is 7.42. The summed E-state index contributed by atoms with van der Waals surface area (Å²) in [6.45, 7) is 0.901. The molecule has 7 nitrogen and oxygen atoms in total. The van der Waals surface area contributed by atoms with Crippen LogP contribution in [-0.2, 0) is 13.1 Å². The van der Waals surface area contributed by atoms with E-state index in [0.717, 1.165) is 5.56 Å². The molecule has 0 saturated heterocycles. The smallest absolute Gasteiger partial charge is 0.180 e. The Hall–Kier alpha value is -2.64. The molecule has 0 unspecified atom stereocenters. The van der Waals surface area contributed by atoms with Crippen LogP contribution in [0.25, 0.3) is 11.5 Å². The van der Waals surface area contributed by atoms with Gasteiger partial charge in [-0.1, -0.05) is 29.3 Å². The van der Waals surface area contributed by atoms with E-state index in [0.29, 0.717) is 46.2 Å². The molecule has 2 aliphatic heterocycles. The SMILES string of the molecule is Clc1cccc(Cl)c1Cn1cnc(NCc2cnco2)c2ncnc1-2. The number of anilines is 1. The van der Waals surface area contributed by atoms with E-state index in [1.54, 1.807) is 24.7 Å². The van der Waals surface area contributed by atoms with E-state index < -0.39 is 0 Å². The molecular formula is C16H12Cl2N6O. The molecule has 3 heterocycles. The van der Waals surface area contributed by atoms with Crippen molar-refractivity contribution >= 4 is 29.0 Å². The van der Waals surface area contributed by atoms with Crippen LogP contribution in [-0.4, -0.2) is 24.5 Å². The number of imidazole rings is 1. The second-order valence-corrected chi connectivity index (χ2v) is 6.10. The summed E-state index contributed by atoms with van der Waals surface area (Å²) in [6.07, 6.45) is 6.20. The molecular weight excluding hydrogens is 363 g/mol. The van der Waals surface area contributed by atoms with Crippen LogP contribution in [0, 0.1) is 0 Å². The van der Waals surface area contributed by atoms with Gasteiger partial charge in [-0.05, 0) is 12.1 Å². The van der Waals surface area contributed by atoms with E-state index in [9.17, 15) is 0 Å². The van der Waals surface area contributed by atoms with Crippen LogP contribution in [0.15, 0.2) is 47.9 Å². The van der Waals surface area contributed by atoms with Crippen LogP contribution in [0.2, 0.25) is 10.0 Å². The lowest BCUT2D eigenvalue weighted by Gasteiger charge is -2.15. The van der Waals surface area contributed by atoms with Gasteiger partial charge in [0, 0.05) is 15.6 Å². The molecule has 0 aliphatic carbocycles. The first-order chi connectivity index (χ1) is 12.2. The molecule has 0 fully saturated rings. The second kappa shape index (κ2) is 6.70. The summed E-state index contributed by atoms with van der Waals surface area (Å²) in [6, 6.07) is 5.42. The van der Waals surface area contributed by atoms with Crippen molar-refractivity contribution in [1.82, 2.24) is 24.5 Å². The molecule has 126 valence electrons. The Kier molecular flexibility index (Phi) is 4.25. The lowest BCUT2D eigenvalue weighted by molar-refractivity contribution is 0.511. The lowest BCUT2D eigenvalue weighted by atomic mass is 10.2. The predicted octanol–water partition coefficient (Wildman–Crippen LogP) is 3.73. The number of benzene rings is 1. The maximum absolute atomic E-state index is 6.26. The average molecular weight is 375 g/mol. The Bertz CT molecular complexity index is 949. The highest BCUT2D eigenvalue weighted by Crippen LogP contribution is 2.29. The minimum Gasteiger partial charge on any atom is -0.447 e. The zero-order chi connectivity index (χ0) is 17.2. The van der Waals surface area contributed by atoms with Gasteiger partial charge in [-0.15, -0.1) is 0 Å². The molecule has 0 bridgehead atoms. The van der Waals surface area contributed by atoms with Gasteiger partial charge in [0.2, 0.25) is 0 Å². The Morgan fingerprint density at radius 1 is 1.12 bits per heavy atom. The maximum Gasteiger partial charge on any atom is 0.180 e. The summed E-state index contributed by atoms with van der Waals surface area (Å²) in [5.41, 5.74) is 1.47. The standard InChI is InChI=1S/C16H12Cl2N6O/c17-12-2-1-3-13(18)11(12)6-24-8-23-15(14-16(24)22-7-21-14)20-5-10-4-19-9-25-10/h1-4,7-9,20H,5-6H2. The molecule has 25 heavy (non-hydrogen) atoms. The number of aromatic nitrogens is 5. The minimum atomic E-state index is 0.448. The molecule has 1 N–H and O–H groups in total. The van der Waals surface area contributed by atoms with E-state index in [4.69, 9.17) is 27.6 Å². The Morgan fingerprint density at radius 3 is 2.72 bits per heavy atom. The Morgan fingerprint density at radius 2 is 1.96 bits per heavy atom. The largest absolute Gasteiger partial charge is 0.447 e. The van der Waals surface area contributed by atoms with Crippen molar-refractivity contribution in [2.24, 2.45) is 0 Å². The summed E-state index contributed by atoms with van der Waals surface area (Å²) in [7, 11) is 0. The van der Waals surface area contributed by atoms with Crippen molar-refractivity contribution < 1.29 is 4.42 Å². The third-order valence-corrected chi connectivity index (χ3v) is 4.41. The number of nitrogens with one attached hydrogen (secondary N) is 1. The summed E-state index contributed by atoms with van der Waals surface area (Å²) < 4.78 is 7.06. The number of halogens is 2. The number of rotatable bonds is 5. The highest BCUT2D eigenvalue weighted by Gasteiger charge is 2.18. The zero-order valence-electron chi connectivity index (χ0n) is 12.9. The van der Waals surface area contributed by atoms with Crippen LogP contribution in [0.4, 0.5) is 5.82 Å². The Balaban J connectivity index is 1.63. The number of hydrogen-bond donors (Lipinski definition) is 1. The average Bonchev–Trinajstić information content (AvgIpc) is 3.28. The van der Waals surface area contributed by atoms with E-state index in [-0.39, 0.29) is 0 Å². The summed E-state index contributed by atoms with van der Waals surface area (Å²) in [5, 5.41) is 4.37. The molecule has 0 atom stereocenters. The van der Waals surface area contributed by atoms with Gasteiger partial charge in [0.1, 0.15) is 12.1 Å². The quantitative estimate of drug-likeness (QED) is 0.572. The molecule has 1 aromatic carbocycles. The van der Waals surface area contributed by atoms with E-state index in [2.05, 4.69) is 25.3 Å². The van der Waals surface area contributed by atoms with Crippen molar-refractivity contribution in [1.29, 1.82) is 0 Å². The second-order valence-electron chi connectivity index (χ2n) is 5.29. The van der Waals surface area contributed by atoms with E-state index in [1.165, 1.54) is 12.7 Å². The number of fused-ring (bicyclic) bond motifs is 1. The topological polar surface area (TPSA) is 81.7 Å². The fourth-order valence-corrected chi connectivity index (χ4v) is 3.00. The number of hydrogen-bond acceptors (Lipinski definition) is 6. The van der Waals surface area contributed by atoms with Gasteiger partial charge in [-0.25, -0.2) is 19.9 Å². The highest BCUT2D eigenvalue weighted by molar-refractivity contribution is 6.35. The Labute approximate surface area is 153 Å². The molecule has 2 aromatic rings. The third-order valence-electron chi connectivity index (χ3n) is 3.70. The first-order valence-corrected chi connectivity index (χ1v) is 8.18. The predicted molar refractivity (Wildman–Crippen MR) is 93.8 cm³/mol. The molecule has 0 spiro atoms. The number of oxazole rings is 1. The third kappa shape index (κ3) is 3.16. The van der Waals surface area contributed by atoms with Crippen LogP contribution >= 0.6 is 23.2 Å². The van der Waals surface area contributed by atoms with Gasteiger partial charge in [-0.2, -0.15) is 0 Å². The maximum atomic E-state index is 6.26. The van der Waals surface area contributed by atoms with Crippen LogP contribution in [0.1, 0.15) is 11.3 Å². The van der Waals surface area contributed by atoms with Gasteiger partial charge < -0.3 is 14.3 Å². The van der Waals surface area contributed by atoms with Gasteiger partial charge in [0.15, 0.2) is 23.7 Å². The van der Waals surface area contributed by atoms with Gasteiger partial charge in [0.25, 0.3) is 0 Å². The monoisotopic (exact) mass is 374 g/mol. The molecule has 2 aliphatic rings. The zero-order valence-corrected chi connectivity index (χ0v) is 14.4. The lowest BCUT2D eigenvalue weighted by Crippen LogP contribution is -2.11. The molecule has 0 amide bonds. The van der Waals surface area contributed by atoms with Crippen molar-refractivity contribution in [3.63, 3.8) is 0 Å². The van der Waals surface area contributed by atoms with Crippen molar-refractivity contribution in [3.8, 4) is 11.5 Å². The molecule has 1 aromatic heterocycles. The first kappa shape index (κ1) is 15.9. The fourth-order valence-electron chi connectivity index (χ4n) is 2.48. The summed E-state index contributed by atoms with van der Waals surface area (Å²) >= 11 is 12.5. The summed E-state index contributed by atoms with van der Waals surface area (Å²) in [5.74, 6) is 2.01. The van der Waals surface area contributed by atoms with Gasteiger partial charge in [0.05, 0.1) is 25.6 Å². The molecule has 4 rings (SSSR count).